The summed E-state index contributed by atoms with van der Waals surface area (Å²) in [4.78, 5) is 1.16. The van der Waals surface area contributed by atoms with Crippen LogP contribution in [0.4, 0.5) is 0 Å². The highest BCUT2D eigenvalue weighted by Gasteiger charge is 2.10. The molecule has 4 heteroatoms. The highest BCUT2D eigenvalue weighted by molar-refractivity contribution is 9.10. The number of aliphatic hydroxyl groups is 1. The zero-order valence-electron chi connectivity index (χ0n) is 11.3. The minimum atomic E-state index is -0.389. The van der Waals surface area contributed by atoms with Gasteiger partial charge in [-0.05, 0) is 35.9 Å². The fraction of sp³-hybridized carbons (Fsp3) is 0.250. The minimum Gasteiger partial charge on any atom is -0.496 e. The number of rotatable bonds is 6. The molecule has 106 valence electrons. The van der Waals surface area contributed by atoms with Crippen LogP contribution in [-0.2, 0) is 6.42 Å². The summed E-state index contributed by atoms with van der Waals surface area (Å²) in [5.74, 6) is 1.50. The Morgan fingerprint density at radius 2 is 1.85 bits per heavy atom. The molecule has 0 bridgehead atoms. The summed E-state index contributed by atoms with van der Waals surface area (Å²) >= 11 is 5.07. The molecule has 0 fully saturated rings. The molecular formula is C16H17BrO2S. The quantitative estimate of drug-likeness (QED) is 0.791. The van der Waals surface area contributed by atoms with E-state index in [4.69, 9.17) is 4.74 Å². The van der Waals surface area contributed by atoms with Crippen molar-refractivity contribution >= 4 is 27.7 Å². The smallest absolute Gasteiger partial charge is 0.122 e. The molecule has 1 N–H and O–H groups in total. The van der Waals surface area contributed by atoms with E-state index in [1.165, 1.54) is 0 Å². The number of hydrogen-bond acceptors (Lipinski definition) is 3. The number of hydrogen-bond donors (Lipinski definition) is 1. The zero-order chi connectivity index (χ0) is 14.4. The summed E-state index contributed by atoms with van der Waals surface area (Å²) in [7, 11) is 1.65. The first-order valence-corrected chi connectivity index (χ1v) is 8.15. The Balaban J connectivity index is 1.89. The number of aliphatic hydroxyl groups excluding tert-OH is 1. The Kier molecular flexibility index (Phi) is 5.95. The topological polar surface area (TPSA) is 29.5 Å². The summed E-state index contributed by atoms with van der Waals surface area (Å²) in [5.41, 5.74) is 1.04. The van der Waals surface area contributed by atoms with Crippen molar-refractivity contribution in [2.24, 2.45) is 0 Å². The van der Waals surface area contributed by atoms with Crippen LogP contribution in [0.5, 0.6) is 5.75 Å². The summed E-state index contributed by atoms with van der Waals surface area (Å²) < 4.78 is 6.37. The van der Waals surface area contributed by atoms with Gasteiger partial charge in [-0.1, -0.05) is 34.1 Å². The molecule has 0 amide bonds. The summed E-state index contributed by atoms with van der Waals surface area (Å²) in [5, 5.41) is 10.2. The second-order valence-electron chi connectivity index (χ2n) is 4.43. The van der Waals surface area contributed by atoms with Gasteiger partial charge >= 0.3 is 0 Å². The molecule has 0 aliphatic heterocycles. The Labute approximate surface area is 132 Å². The first-order chi connectivity index (χ1) is 9.69. The van der Waals surface area contributed by atoms with Crippen molar-refractivity contribution in [2.75, 3.05) is 12.9 Å². The van der Waals surface area contributed by atoms with Crippen molar-refractivity contribution in [1.82, 2.24) is 0 Å². The van der Waals surface area contributed by atoms with E-state index in [0.29, 0.717) is 12.2 Å². The van der Waals surface area contributed by atoms with Crippen LogP contribution in [0.1, 0.15) is 5.56 Å². The molecule has 2 rings (SSSR count). The van der Waals surface area contributed by atoms with Gasteiger partial charge in [-0.15, -0.1) is 11.8 Å². The zero-order valence-corrected chi connectivity index (χ0v) is 13.7. The van der Waals surface area contributed by atoms with E-state index < -0.39 is 0 Å². The van der Waals surface area contributed by atoms with Crippen LogP contribution >= 0.6 is 27.7 Å². The number of methoxy groups -OCH3 is 1. The van der Waals surface area contributed by atoms with E-state index in [2.05, 4.69) is 15.9 Å². The average Bonchev–Trinajstić information content (AvgIpc) is 2.47. The number of para-hydroxylation sites is 1. The normalized spacial score (nSPS) is 12.2. The highest BCUT2D eigenvalue weighted by Crippen LogP contribution is 2.24. The molecule has 0 aliphatic rings. The molecule has 0 aliphatic carbocycles. The maximum atomic E-state index is 10.2. The van der Waals surface area contributed by atoms with Crippen LogP contribution in [0.3, 0.4) is 0 Å². The third-order valence-corrected chi connectivity index (χ3v) is 4.59. The molecule has 0 radical (unpaired) electrons. The predicted octanol–water partition coefficient (Wildman–Crippen LogP) is 4.15. The lowest BCUT2D eigenvalue weighted by Gasteiger charge is -2.13. The summed E-state index contributed by atoms with van der Waals surface area (Å²) in [6, 6.07) is 15.9. The average molecular weight is 353 g/mol. The molecule has 0 aromatic heterocycles. The van der Waals surface area contributed by atoms with Crippen LogP contribution in [0, 0.1) is 0 Å². The van der Waals surface area contributed by atoms with E-state index in [9.17, 15) is 5.11 Å². The van der Waals surface area contributed by atoms with Crippen molar-refractivity contribution < 1.29 is 9.84 Å². The fourth-order valence-electron chi connectivity index (χ4n) is 1.91. The molecule has 2 nitrogen and oxygen atoms in total. The van der Waals surface area contributed by atoms with E-state index in [-0.39, 0.29) is 6.10 Å². The highest BCUT2D eigenvalue weighted by atomic mass is 79.9. The van der Waals surface area contributed by atoms with Crippen molar-refractivity contribution in [3.8, 4) is 5.75 Å². The van der Waals surface area contributed by atoms with Crippen molar-refractivity contribution in [1.29, 1.82) is 0 Å². The van der Waals surface area contributed by atoms with Crippen molar-refractivity contribution in [3.63, 3.8) is 0 Å². The molecule has 2 aromatic carbocycles. The fourth-order valence-corrected chi connectivity index (χ4v) is 3.00. The lowest BCUT2D eigenvalue weighted by atomic mass is 10.1. The van der Waals surface area contributed by atoms with Crippen LogP contribution in [0.2, 0.25) is 0 Å². The third kappa shape index (κ3) is 4.54. The van der Waals surface area contributed by atoms with Crippen LogP contribution < -0.4 is 4.74 Å². The lowest BCUT2D eigenvalue weighted by Crippen LogP contribution is -2.14. The molecular weight excluding hydrogens is 336 g/mol. The number of benzene rings is 2. The van der Waals surface area contributed by atoms with Gasteiger partial charge in [-0.25, -0.2) is 0 Å². The van der Waals surface area contributed by atoms with E-state index in [0.717, 1.165) is 20.7 Å². The molecule has 1 unspecified atom stereocenters. The Morgan fingerprint density at radius 3 is 2.55 bits per heavy atom. The number of halogens is 1. The Bertz CT molecular complexity index is 542. The largest absolute Gasteiger partial charge is 0.496 e. The van der Waals surface area contributed by atoms with Gasteiger partial charge in [0.05, 0.1) is 13.2 Å². The molecule has 2 aromatic rings. The van der Waals surface area contributed by atoms with Gasteiger partial charge in [-0.3, -0.25) is 0 Å². The Hall–Kier alpha value is -0.970. The molecule has 1 atom stereocenters. The van der Waals surface area contributed by atoms with Crippen molar-refractivity contribution in [3.05, 3.63) is 58.6 Å². The van der Waals surface area contributed by atoms with Crippen LogP contribution in [-0.4, -0.2) is 24.1 Å². The molecule has 0 saturated heterocycles. The van der Waals surface area contributed by atoms with E-state index in [1.807, 2.05) is 48.5 Å². The summed E-state index contributed by atoms with van der Waals surface area (Å²) in [6.45, 7) is 0. The molecule has 0 heterocycles. The van der Waals surface area contributed by atoms with E-state index >= 15 is 0 Å². The maximum absolute atomic E-state index is 10.2. The second kappa shape index (κ2) is 7.72. The van der Waals surface area contributed by atoms with Gasteiger partial charge in [0, 0.05) is 21.5 Å². The maximum Gasteiger partial charge on any atom is 0.122 e. The van der Waals surface area contributed by atoms with Crippen LogP contribution in [0.15, 0.2) is 57.9 Å². The van der Waals surface area contributed by atoms with Gasteiger partial charge < -0.3 is 9.84 Å². The SMILES string of the molecule is COc1ccccc1CC(O)CSc1ccc(Br)cc1. The van der Waals surface area contributed by atoms with Gasteiger partial charge in [-0.2, -0.15) is 0 Å². The van der Waals surface area contributed by atoms with Crippen LogP contribution in [0.25, 0.3) is 0 Å². The first kappa shape index (κ1) is 15.4. The molecule has 0 saturated carbocycles. The van der Waals surface area contributed by atoms with Gasteiger partial charge in [0.25, 0.3) is 0 Å². The standard InChI is InChI=1S/C16H17BrO2S/c1-19-16-5-3-2-4-12(16)10-14(18)11-20-15-8-6-13(17)7-9-15/h2-9,14,18H,10-11H2,1H3. The lowest BCUT2D eigenvalue weighted by molar-refractivity contribution is 0.199. The monoisotopic (exact) mass is 352 g/mol. The van der Waals surface area contributed by atoms with Gasteiger partial charge in [0.2, 0.25) is 0 Å². The molecule has 0 spiro atoms. The predicted molar refractivity (Wildman–Crippen MR) is 87.6 cm³/mol. The summed E-state index contributed by atoms with van der Waals surface area (Å²) in [6.07, 6.45) is 0.216. The van der Waals surface area contributed by atoms with E-state index in [1.54, 1.807) is 18.9 Å². The minimum absolute atomic E-state index is 0.389. The Morgan fingerprint density at radius 1 is 1.15 bits per heavy atom. The van der Waals surface area contributed by atoms with Gasteiger partial charge in [0.15, 0.2) is 0 Å². The molecule has 20 heavy (non-hydrogen) atoms. The third-order valence-electron chi connectivity index (χ3n) is 2.90. The number of ether oxygens (including phenoxy) is 1. The first-order valence-electron chi connectivity index (χ1n) is 6.37. The number of thioether (sulfide) groups is 1. The van der Waals surface area contributed by atoms with Crippen molar-refractivity contribution in [2.45, 2.75) is 17.4 Å². The van der Waals surface area contributed by atoms with Gasteiger partial charge in [0.1, 0.15) is 5.75 Å². The second-order valence-corrected chi connectivity index (χ2v) is 6.44.